The average Bonchev–Trinajstić information content (AvgIpc) is 2.75. The molecule has 4 atom stereocenters. The molecule has 3 rings (SSSR count). The predicted octanol–water partition coefficient (Wildman–Crippen LogP) is 2.85. The summed E-state index contributed by atoms with van der Waals surface area (Å²) in [6, 6.07) is 4.82. The smallest absolute Gasteiger partial charge is 0.293 e. The molecular formula is C18H26N4O2. The minimum absolute atomic E-state index is 0.170. The Kier molecular flexibility index (Phi) is 3.90. The Balaban J connectivity index is 2.16. The molecule has 2 heterocycles. The van der Waals surface area contributed by atoms with Crippen molar-refractivity contribution in [1.29, 1.82) is 10.5 Å². The summed E-state index contributed by atoms with van der Waals surface area (Å²) in [5, 5.41) is 20.3. The van der Waals surface area contributed by atoms with Gasteiger partial charge in [0.25, 0.3) is 5.91 Å². The van der Waals surface area contributed by atoms with Crippen LogP contribution >= 0.6 is 0 Å². The summed E-state index contributed by atoms with van der Waals surface area (Å²) in [4.78, 5) is 4.40. The molecule has 2 fully saturated rings. The molecule has 1 aliphatic carbocycles. The maximum Gasteiger partial charge on any atom is 0.293 e. The molecule has 2 aliphatic heterocycles. The third-order valence-corrected chi connectivity index (χ3v) is 6.19. The van der Waals surface area contributed by atoms with Gasteiger partial charge in [-0.05, 0) is 19.8 Å². The Morgan fingerprint density at radius 3 is 2.25 bits per heavy atom. The van der Waals surface area contributed by atoms with Crippen molar-refractivity contribution >= 4 is 5.84 Å². The fourth-order valence-electron chi connectivity index (χ4n) is 5.16. The second-order valence-electron chi connectivity index (χ2n) is 7.33. The van der Waals surface area contributed by atoms with E-state index in [2.05, 4.69) is 31.0 Å². The first-order valence-corrected chi connectivity index (χ1v) is 8.97. The Labute approximate surface area is 143 Å². The number of nitrogens with zero attached hydrogens (tertiary/aromatic N) is 3. The van der Waals surface area contributed by atoms with Crippen LogP contribution in [0.3, 0.4) is 0 Å². The summed E-state index contributed by atoms with van der Waals surface area (Å²) in [6.07, 6.45) is 5.24. The van der Waals surface area contributed by atoms with E-state index in [4.69, 9.17) is 15.2 Å². The van der Waals surface area contributed by atoms with Crippen molar-refractivity contribution in [2.45, 2.75) is 71.3 Å². The third-order valence-electron chi connectivity index (χ3n) is 6.19. The molecule has 0 aromatic rings. The highest BCUT2D eigenvalue weighted by Crippen LogP contribution is 2.88. The van der Waals surface area contributed by atoms with Crippen molar-refractivity contribution in [2.24, 2.45) is 27.0 Å². The molecule has 6 heteroatoms. The summed E-state index contributed by atoms with van der Waals surface area (Å²) >= 11 is 0. The lowest BCUT2D eigenvalue weighted by atomic mass is 9.80. The van der Waals surface area contributed by atoms with Crippen LogP contribution in [0.4, 0.5) is 0 Å². The van der Waals surface area contributed by atoms with E-state index in [1.165, 1.54) is 0 Å². The molecule has 130 valence electrons. The maximum absolute atomic E-state index is 10.2. The van der Waals surface area contributed by atoms with Gasteiger partial charge in [0.2, 0.25) is 0 Å². The number of aliphatic imine (C=N–C) groups is 1. The molecule has 0 amide bonds. The van der Waals surface area contributed by atoms with Gasteiger partial charge in [-0.3, -0.25) is 0 Å². The Morgan fingerprint density at radius 2 is 1.83 bits per heavy atom. The number of unbranched alkanes of at least 4 members (excludes halogenated alkanes) is 2. The van der Waals surface area contributed by atoms with Crippen LogP contribution in [0.15, 0.2) is 4.99 Å². The van der Waals surface area contributed by atoms with Crippen molar-refractivity contribution in [3.8, 4) is 12.1 Å². The van der Waals surface area contributed by atoms with Crippen LogP contribution in [0, 0.1) is 38.9 Å². The molecule has 0 bridgehead atoms. The zero-order valence-electron chi connectivity index (χ0n) is 14.8. The SMILES string of the molecule is CCCCC1(CCCC)[C@@]2(C#N)[C@@]3(N=C(N)[C@@]12C#N)OC[C@H](C)O3. The number of ether oxygens (including phenoxy) is 2. The van der Waals surface area contributed by atoms with Gasteiger partial charge in [0.1, 0.15) is 11.3 Å². The highest BCUT2D eigenvalue weighted by atomic mass is 16.8. The van der Waals surface area contributed by atoms with Gasteiger partial charge in [0.15, 0.2) is 5.41 Å². The number of hydrogen-bond donors (Lipinski definition) is 1. The summed E-state index contributed by atoms with van der Waals surface area (Å²) in [7, 11) is 0. The second kappa shape index (κ2) is 5.44. The first kappa shape index (κ1) is 17.2. The number of rotatable bonds is 6. The van der Waals surface area contributed by atoms with E-state index in [-0.39, 0.29) is 11.9 Å². The average molecular weight is 330 g/mol. The van der Waals surface area contributed by atoms with Gasteiger partial charge in [0.05, 0.1) is 24.8 Å². The molecule has 2 N–H and O–H groups in total. The monoisotopic (exact) mass is 330 g/mol. The Hall–Kier alpha value is -1.63. The molecule has 0 unspecified atom stereocenters. The molecule has 0 aromatic carbocycles. The van der Waals surface area contributed by atoms with Crippen LogP contribution in [0.2, 0.25) is 0 Å². The lowest BCUT2D eigenvalue weighted by molar-refractivity contribution is -0.201. The van der Waals surface area contributed by atoms with E-state index in [9.17, 15) is 10.5 Å². The molecule has 6 nitrogen and oxygen atoms in total. The van der Waals surface area contributed by atoms with Crippen molar-refractivity contribution in [3.63, 3.8) is 0 Å². The highest BCUT2D eigenvalue weighted by Gasteiger charge is 3.00. The van der Waals surface area contributed by atoms with Crippen LogP contribution in [0.5, 0.6) is 0 Å². The lowest BCUT2D eigenvalue weighted by Crippen LogP contribution is -2.42. The number of hydrogen-bond acceptors (Lipinski definition) is 6. The first-order valence-electron chi connectivity index (χ1n) is 8.97. The normalized spacial score (nSPS) is 41.5. The van der Waals surface area contributed by atoms with Gasteiger partial charge in [-0.15, -0.1) is 0 Å². The predicted molar refractivity (Wildman–Crippen MR) is 88.4 cm³/mol. The second-order valence-corrected chi connectivity index (χ2v) is 7.33. The molecule has 1 saturated heterocycles. The molecule has 0 aromatic heterocycles. The fraction of sp³-hybridized carbons (Fsp3) is 0.833. The fourth-order valence-corrected chi connectivity index (χ4v) is 5.16. The first-order chi connectivity index (χ1) is 11.5. The standard InChI is InChI=1S/C18H26N4O2/c1-4-6-8-15(9-7-5-2)16(11-19)14(21)22-18(17(15,16)12-20)23-10-13(3)24-18/h13H,4-10H2,1-3H3,(H2,21,22)/t13-,16-,17+,18+/m0/s1. The van der Waals surface area contributed by atoms with Crippen LogP contribution < -0.4 is 5.73 Å². The van der Waals surface area contributed by atoms with Gasteiger partial charge in [-0.2, -0.15) is 10.5 Å². The van der Waals surface area contributed by atoms with Crippen molar-refractivity contribution in [3.05, 3.63) is 0 Å². The maximum atomic E-state index is 10.2. The molecule has 24 heavy (non-hydrogen) atoms. The minimum Gasteiger partial charge on any atom is -0.386 e. The van der Waals surface area contributed by atoms with E-state index >= 15 is 0 Å². The van der Waals surface area contributed by atoms with E-state index in [0.29, 0.717) is 6.61 Å². The summed E-state index contributed by atoms with van der Waals surface area (Å²) in [5.41, 5.74) is 3.49. The van der Waals surface area contributed by atoms with Crippen LogP contribution in [0.1, 0.15) is 59.3 Å². The molecule has 0 radical (unpaired) electrons. The largest absolute Gasteiger partial charge is 0.386 e. The van der Waals surface area contributed by atoms with E-state index < -0.39 is 22.2 Å². The van der Waals surface area contributed by atoms with Gasteiger partial charge < -0.3 is 15.2 Å². The molecular weight excluding hydrogens is 304 g/mol. The Morgan fingerprint density at radius 1 is 1.21 bits per heavy atom. The number of amidine groups is 1. The lowest BCUT2D eigenvalue weighted by Gasteiger charge is -2.31. The van der Waals surface area contributed by atoms with Crippen molar-refractivity contribution < 1.29 is 9.47 Å². The van der Waals surface area contributed by atoms with Crippen molar-refractivity contribution in [1.82, 2.24) is 0 Å². The summed E-state index contributed by atoms with van der Waals surface area (Å²) < 4.78 is 11.9. The molecule has 3 aliphatic rings. The van der Waals surface area contributed by atoms with Gasteiger partial charge in [0, 0.05) is 5.41 Å². The topological polar surface area (TPSA) is 104 Å². The number of fused-ring (bicyclic) bond motifs is 2. The van der Waals surface area contributed by atoms with E-state index in [1.807, 2.05) is 6.92 Å². The third kappa shape index (κ3) is 1.54. The number of nitrogens with two attached hydrogens (primary N) is 1. The van der Waals surface area contributed by atoms with E-state index in [1.54, 1.807) is 0 Å². The Bertz CT molecular complexity index is 640. The zero-order valence-corrected chi connectivity index (χ0v) is 14.8. The number of nitriles is 2. The quantitative estimate of drug-likeness (QED) is 0.806. The minimum atomic E-state index is -1.41. The summed E-state index contributed by atoms with van der Waals surface area (Å²) in [6.45, 7) is 6.47. The van der Waals surface area contributed by atoms with Gasteiger partial charge in [-0.1, -0.05) is 39.5 Å². The molecule has 1 spiro atoms. The van der Waals surface area contributed by atoms with Gasteiger partial charge >= 0.3 is 0 Å². The summed E-state index contributed by atoms with van der Waals surface area (Å²) in [5.74, 6) is -1.20. The highest BCUT2D eigenvalue weighted by molar-refractivity contribution is 6.00. The van der Waals surface area contributed by atoms with Crippen molar-refractivity contribution in [2.75, 3.05) is 6.61 Å². The van der Waals surface area contributed by atoms with E-state index in [0.717, 1.165) is 38.5 Å². The van der Waals surface area contributed by atoms with Crippen LogP contribution in [-0.4, -0.2) is 24.5 Å². The van der Waals surface area contributed by atoms with Gasteiger partial charge in [-0.25, -0.2) is 4.99 Å². The van der Waals surface area contributed by atoms with Crippen LogP contribution in [-0.2, 0) is 9.47 Å². The molecule has 1 saturated carbocycles. The zero-order chi connectivity index (χ0) is 17.6. The van der Waals surface area contributed by atoms with Crippen LogP contribution in [0.25, 0.3) is 0 Å².